The van der Waals surface area contributed by atoms with E-state index in [9.17, 15) is 0 Å². The Morgan fingerprint density at radius 2 is 2.11 bits per heavy atom. The van der Waals surface area contributed by atoms with Gasteiger partial charge in [-0.1, -0.05) is 18.2 Å². The van der Waals surface area contributed by atoms with Crippen molar-refractivity contribution in [2.45, 2.75) is 13.5 Å². The van der Waals surface area contributed by atoms with Gasteiger partial charge in [0.1, 0.15) is 5.76 Å². The molecule has 2 heterocycles. The summed E-state index contributed by atoms with van der Waals surface area (Å²) in [6.45, 7) is 2.72. The molecule has 0 unspecified atom stereocenters. The summed E-state index contributed by atoms with van der Waals surface area (Å²) >= 11 is 0. The van der Waals surface area contributed by atoms with Gasteiger partial charge in [0.25, 0.3) is 0 Å². The Morgan fingerprint density at radius 1 is 1.22 bits per heavy atom. The minimum absolute atomic E-state index is 0.679. The lowest BCUT2D eigenvalue weighted by Gasteiger charge is -2.06. The van der Waals surface area contributed by atoms with Crippen molar-refractivity contribution in [1.82, 2.24) is 4.98 Å². The highest BCUT2D eigenvalue weighted by Crippen LogP contribution is 2.17. The van der Waals surface area contributed by atoms with Crippen LogP contribution in [0.25, 0.3) is 10.9 Å². The van der Waals surface area contributed by atoms with Crippen LogP contribution < -0.4 is 5.32 Å². The Bertz CT molecular complexity index is 673. The quantitative estimate of drug-likeness (QED) is 0.755. The van der Waals surface area contributed by atoms with Crippen LogP contribution in [0, 0.1) is 6.92 Å². The molecule has 0 aliphatic carbocycles. The van der Waals surface area contributed by atoms with Crippen LogP contribution in [0.2, 0.25) is 0 Å². The number of nitrogens with zero attached hydrogens (tertiary/aromatic N) is 1. The van der Waals surface area contributed by atoms with Crippen LogP contribution in [-0.2, 0) is 6.54 Å². The summed E-state index contributed by atoms with van der Waals surface area (Å²) in [5, 5.41) is 4.46. The van der Waals surface area contributed by atoms with E-state index in [2.05, 4.69) is 22.4 Å². The molecule has 0 fully saturated rings. The number of benzene rings is 1. The molecule has 3 heteroatoms. The fourth-order valence-electron chi connectivity index (χ4n) is 1.94. The van der Waals surface area contributed by atoms with Gasteiger partial charge in [0.05, 0.1) is 30.2 Å². The Balaban J connectivity index is 1.81. The first-order valence-electron chi connectivity index (χ1n) is 5.94. The van der Waals surface area contributed by atoms with Crippen LogP contribution in [-0.4, -0.2) is 4.98 Å². The Hall–Kier alpha value is -2.29. The molecular formula is C15H14N2O. The maximum atomic E-state index is 5.39. The van der Waals surface area contributed by atoms with Crippen LogP contribution in [0.1, 0.15) is 11.3 Å². The molecule has 0 amide bonds. The number of furan rings is 1. The number of hydrogen-bond donors (Lipinski definition) is 1. The van der Waals surface area contributed by atoms with Gasteiger partial charge in [-0.05, 0) is 30.7 Å². The van der Waals surface area contributed by atoms with Crippen LogP contribution in [0.5, 0.6) is 0 Å². The molecule has 90 valence electrons. The lowest BCUT2D eigenvalue weighted by atomic mass is 10.2. The van der Waals surface area contributed by atoms with Gasteiger partial charge in [0, 0.05) is 5.39 Å². The second kappa shape index (κ2) is 4.53. The summed E-state index contributed by atoms with van der Waals surface area (Å²) < 4.78 is 5.39. The maximum Gasteiger partial charge on any atom is 0.125 e. The zero-order valence-electron chi connectivity index (χ0n) is 10.2. The zero-order chi connectivity index (χ0) is 12.4. The van der Waals surface area contributed by atoms with E-state index in [0.29, 0.717) is 6.54 Å². The lowest BCUT2D eigenvalue weighted by molar-refractivity contribution is 0.515. The minimum atomic E-state index is 0.679. The molecule has 0 spiro atoms. The van der Waals surface area contributed by atoms with E-state index in [1.54, 1.807) is 6.26 Å². The van der Waals surface area contributed by atoms with Crippen molar-refractivity contribution in [3.8, 4) is 0 Å². The predicted molar refractivity (Wildman–Crippen MR) is 72.5 cm³/mol. The van der Waals surface area contributed by atoms with Gasteiger partial charge in [-0.2, -0.15) is 0 Å². The minimum Gasteiger partial charge on any atom is -0.467 e. The topological polar surface area (TPSA) is 38.1 Å². The highest BCUT2D eigenvalue weighted by atomic mass is 16.3. The Labute approximate surface area is 105 Å². The molecule has 0 radical (unpaired) electrons. The second-order valence-corrected chi connectivity index (χ2v) is 4.30. The zero-order valence-corrected chi connectivity index (χ0v) is 10.2. The SMILES string of the molecule is Cc1ccoc1CNc1cnc2ccccc2c1. The number of nitrogens with one attached hydrogen (secondary N) is 1. The predicted octanol–water partition coefficient (Wildman–Crippen LogP) is 3.75. The van der Waals surface area contributed by atoms with Crippen molar-refractivity contribution in [3.63, 3.8) is 0 Å². The largest absolute Gasteiger partial charge is 0.467 e. The monoisotopic (exact) mass is 238 g/mol. The average molecular weight is 238 g/mol. The first kappa shape index (κ1) is 10.8. The smallest absolute Gasteiger partial charge is 0.125 e. The van der Waals surface area contributed by atoms with Crippen LogP contribution in [0.15, 0.2) is 53.3 Å². The number of pyridine rings is 1. The van der Waals surface area contributed by atoms with Crippen LogP contribution in [0.3, 0.4) is 0 Å². The highest BCUT2D eigenvalue weighted by Gasteiger charge is 2.02. The van der Waals surface area contributed by atoms with E-state index in [0.717, 1.165) is 27.9 Å². The molecule has 0 saturated carbocycles. The van der Waals surface area contributed by atoms with Gasteiger partial charge in [-0.25, -0.2) is 0 Å². The fraction of sp³-hybridized carbons (Fsp3) is 0.133. The van der Waals surface area contributed by atoms with Crippen molar-refractivity contribution in [2.75, 3.05) is 5.32 Å². The van der Waals surface area contributed by atoms with E-state index < -0.39 is 0 Å². The molecule has 0 aliphatic rings. The van der Waals surface area contributed by atoms with E-state index in [4.69, 9.17) is 4.42 Å². The van der Waals surface area contributed by atoms with Gasteiger partial charge in [0.15, 0.2) is 0 Å². The van der Waals surface area contributed by atoms with Gasteiger partial charge >= 0.3 is 0 Å². The van der Waals surface area contributed by atoms with Crippen molar-refractivity contribution < 1.29 is 4.42 Å². The number of hydrogen-bond acceptors (Lipinski definition) is 3. The van der Waals surface area contributed by atoms with Gasteiger partial charge in [0.2, 0.25) is 0 Å². The highest BCUT2D eigenvalue weighted by molar-refractivity contribution is 5.81. The van der Waals surface area contributed by atoms with E-state index in [1.165, 1.54) is 0 Å². The molecule has 0 aliphatic heterocycles. The molecule has 2 aromatic heterocycles. The number of fused-ring (bicyclic) bond motifs is 1. The molecule has 18 heavy (non-hydrogen) atoms. The summed E-state index contributed by atoms with van der Waals surface area (Å²) in [6.07, 6.45) is 3.56. The van der Waals surface area contributed by atoms with Crippen molar-refractivity contribution in [1.29, 1.82) is 0 Å². The number of anilines is 1. The lowest BCUT2D eigenvalue weighted by Crippen LogP contribution is -1.99. The number of para-hydroxylation sites is 1. The maximum absolute atomic E-state index is 5.39. The van der Waals surface area contributed by atoms with Gasteiger partial charge in [-0.15, -0.1) is 0 Å². The first-order chi connectivity index (χ1) is 8.83. The third-order valence-corrected chi connectivity index (χ3v) is 3.01. The number of aromatic nitrogens is 1. The molecule has 3 aromatic rings. The molecule has 0 bridgehead atoms. The average Bonchev–Trinajstić information content (AvgIpc) is 2.82. The Morgan fingerprint density at radius 3 is 2.94 bits per heavy atom. The second-order valence-electron chi connectivity index (χ2n) is 4.30. The molecule has 1 aromatic carbocycles. The van der Waals surface area contributed by atoms with E-state index in [-0.39, 0.29) is 0 Å². The third kappa shape index (κ3) is 2.07. The molecule has 3 nitrogen and oxygen atoms in total. The van der Waals surface area contributed by atoms with E-state index >= 15 is 0 Å². The van der Waals surface area contributed by atoms with Crippen LogP contribution >= 0.6 is 0 Å². The third-order valence-electron chi connectivity index (χ3n) is 3.01. The van der Waals surface area contributed by atoms with Gasteiger partial charge in [-0.3, -0.25) is 4.98 Å². The summed E-state index contributed by atoms with van der Waals surface area (Å²) in [7, 11) is 0. The fourth-order valence-corrected chi connectivity index (χ4v) is 1.94. The van der Waals surface area contributed by atoms with E-state index in [1.807, 2.05) is 37.4 Å². The summed E-state index contributed by atoms with van der Waals surface area (Å²) in [6, 6.07) is 12.1. The van der Waals surface area contributed by atoms with Crippen molar-refractivity contribution in [2.24, 2.45) is 0 Å². The van der Waals surface area contributed by atoms with Crippen LogP contribution in [0.4, 0.5) is 5.69 Å². The summed E-state index contributed by atoms with van der Waals surface area (Å²) in [5.74, 6) is 0.961. The summed E-state index contributed by atoms with van der Waals surface area (Å²) in [4.78, 5) is 4.41. The van der Waals surface area contributed by atoms with Gasteiger partial charge < -0.3 is 9.73 Å². The molecule has 1 N–H and O–H groups in total. The molecule has 0 atom stereocenters. The summed E-state index contributed by atoms with van der Waals surface area (Å²) in [5.41, 5.74) is 3.18. The number of aryl methyl sites for hydroxylation is 1. The number of rotatable bonds is 3. The van der Waals surface area contributed by atoms with Crippen molar-refractivity contribution in [3.05, 3.63) is 60.2 Å². The molecule has 0 saturated heterocycles. The normalized spacial score (nSPS) is 10.7. The first-order valence-corrected chi connectivity index (χ1v) is 5.94. The molecule has 3 rings (SSSR count). The van der Waals surface area contributed by atoms with Crippen molar-refractivity contribution >= 4 is 16.6 Å². The Kier molecular flexibility index (Phi) is 2.73. The molecular weight excluding hydrogens is 224 g/mol. The standard InChI is InChI=1S/C15H14N2O/c1-11-6-7-18-15(11)10-16-13-8-12-4-2-3-5-14(12)17-9-13/h2-9,16H,10H2,1H3.